The van der Waals surface area contributed by atoms with Gasteiger partial charge in [0.2, 0.25) is 0 Å². The van der Waals surface area contributed by atoms with Crippen LogP contribution in [0.25, 0.3) is 10.8 Å². The van der Waals surface area contributed by atoms with Gasteiger partial charge in [0, 0.05) is 23.8 Å². The van der Waals surface area contributed by atoms with E-state index in [0.717, 1.165) is 0 Å². The third-order valence-electron chi connectivity index (χ3n) is 3.52. The number of hydrogen-bond donors (Lipinski definition) is 0. The van der Waals surface area contributed by atoms with E-state index >= 15 is 0 Å². The van der Waals surface area contributed by atoms with Crippen LogP contribution >= 0.6 is 0 Å². The summed E-state index contributed by atoms with van der Waals surface area (Å²) in [5.41, 5.74) is 0.322. The molecule has 0 aliphatic heterocycles. The maximum Gasteiger partial charge on any atom is 0.338 e. The first kappa shape index (κ1) is 16.4. The molecule has 3 aromatic rings. The van der Waals surface area contributed by atoms with Gasteiger partial charge < -0.3 is 9.47 Å². The van der Waals surface area contributed by atoms with Gasteiger partial charge in [0.1, 0.15) is 11.5 Å². The Hall–Kier alpha value is -3.48. The number of non-ortho nitro benzene ring substituents is 1. The predicted molar refractivity (Wildman–Crippen MR) is 90.9 cm³/mol. The molecule has 1 heterocycles. The summed E-state index contributed by atoms with van der Waals surface area (Å²) in [5, 5.41) is 12.1. The molecule has 1 aromatic heterocycles. The van der Waals surface area contributed by atoms with Crippen molar-refractivity contribution in [1.82, 2.24) is 4.98 Å². The summed E-state index contributed by atoms with van der Waals surface area (Å²) in [6, 6.07) is 11.1. The molecule has 0 atom stereocenters. The molecule has 126 valence electrons. The molecule has 0 saturated carbocycles. The fourth-order valence-electron chi connectivity index (χ4n) is 2.42. The van der Waals surface area contributed by atoms with E-state index in [9.17, 15) is 14.9 Å². The first-order chi connectivity index (χ1) is 12.1. The molecule has 0 N–H and O–H groups in total. The molecule has 25 heavy (non-hydrogen) atoms. The Morgan fingerprint density at radius 1 is 1.20 bits per heavy atom. The Bertz CT molecular complexity index is 955. The van der Waals surface area contributed by atoms with E-state index in [1.54, 1.807) is 37.3 Å². The van der Waals surface area contributed by atoms with Crippen LogP contribution in [-0.4, -0.2) is 22.5 Å². The Labute approximate surface area is 143 Å². The molecular formula is C18H14N2O5. The number of esters is 1. The number of hydrogen-bond acceptors (Lipinski definition) is 6. The highest BCUT2D eigenvalue weighted by molar-refractivity contribution is 5.95. The number of pyridine rings is 1. The number of nitro groups is 1. The molecule has 7 nitrogen and oxygen atoms in total. The zero-order valence-electron chi connectivity index (χ0n) is 13.3. The van der Waals surface area contributed by atoms with Crippen molar-refractivity contribution in [2.24, 2.45) is 0 Å². The van der Waals surface area contributed by atoms with Gasteiger partial charge in [-0.2, -0.15) is 0 Å². The summed E-state index contributed by atoms with van der Waals surface area (Å²) >= 11 is 0. The van der Waals surface area contributed by atoms with Gasteiger partial charge in [0.05, 0.1) is 22.5 Å². The Morgan fingerprint density at radius 2 is 2.04 bits per heavy atom. The average molecular weight is 338 g/mol. The van der Waals surface area contributed by atoms with Gasteiger partial charge in [0.15, 0.2) is 0 Å². The molecule has 0 fully saturated rings. The van der Waals surface area contributed by atoms with E-state index in [2.05, 4.69) is 4.98 Å². The fraction of sp³-hybridized carbons (Fsp3) is 0.111. The molecule has 3 rings (SSSR count). The van der Waals surface area contributed by atoms with Gasteiger partial charge in [-0.05, 0) is 37.3 Å². The lowest BCUT2D eigenvalue weighted by atomic mass is 10.1. The molecule has 0 amide bonds. The van der Waals surface area contributed by atoms with Crippen LogP contribution in [0.3, 0.4) is 0 Å². The largest absolute Gasteiger partial charge is 0.462 e. The van der Waals surface area contributed by atoms with Crippen molar-refractivity contribution in [1.29, 1.82) is 0 Å². The van der Waals surface area contributed by atoms with E-state index in [4.69, 9.17) is 9.47 Å². The summed E-state index contributed by atoms with van der Waals surface area (Å²) < 4.78 is 10.8. The third-order valence-corrected chi connectivity index (χ3v) is 3.52. The van der Waals surface area contributed by atoms with Crippen LogP contribution in [0.1, 0.15) is 17.3 Å². The van der Waals surface area contributed by atoms with Crippen molar-refractivity contribution in [3.8, 4) is 11.5 Å². The topological polar surface area (TPSA) is 91.6 Å². The van der Waals surface area contributed by atoms with Crippen LogP contribution in [-0.2, 0) is 4.74 Å². The quantitative estimate of drug-likeness (QED) is 0.395. The molecule has 0 saturated heterocycles. The number of nitrogens with zero attached hydrogens (tertiary/aromatic N) is 2. The minimum Gasteiger partial charge on any atom is -0.462 e. The molecular weight excluding hydrogens is 324 g/mol. The summed E-state index contributed by atoms with van der Waals surface area (Å²) in [6.45, 7) is 2.01. The first-order valence-corrected chi connectivity index (χ1v) is 7.56. The number of carbonyl (C=O) groups is 1. The molecule has 2 aromatic carbocycles. The highest BCUT2D eigenvalue weighted by Crippen LogP contribution is 2.34. The molecule has 0 radical (unpaired) electrons. The zero-order chi connectivity index (χ0) is 17.8. The van der Waals surface area contributed by atoms with Crippen LogP contribution in [0.15, 0.2) is 54.9 Å². The van der Waals surface area contributed by atoms with Crippen LogP contribution in [0.2, 0.25) is 0 Å². The van der Waals surface area contributed by atoms with Gasteiger partial charge in [0.25, 0.3) is 5.69 Å². The van der Waals surface area contributed by atoms with Crippen molar-refractivity contribution < 1.29 is 19.2 Å². The monoisotopic (exact) mass is 338 g/mol. The smallest absolute Gasteiger partial charge is 0.338 e. The number of aromatic nitrogens is 1. The average Bonchev–Trinajstić information content (AvgIpc) is 2.62. The van der Waals surface area contributed by atoms with E-state index in [1.807, 2.05) is 0 Å². The van der Waals surface area contributed by atoms with Crippen molar-refractivity contribution in [3.63, 3.8) is 0 Å². The van der Waals surface area contributed by atoms with E-state index in [1.165, 1.54) is 24.5 Å². The van der Waals surface area contributed by atoms with Gasteiger partial charge in [-0.1, -0.05) is 6.07 Å². The second kappa shape index (κ2) is 6.96. The van der Waals surface area contributed by atoms with E-state index in [0.29, 0.717) is 27.8 Å². The number of ether oxygens (including phenoxy) is 2. The number of fused-ring (bicyclic) bond motifs is 1. The Kier molecular flexibility index (Phi) is 4.56. The fourth-order valence-corrected chi connectivity index (χ4v) is 2.42. The molecule has 0 spiro atoms. The van der Waals surface area contributed by atoms with Crippen molar-refractivity contribution in [2.45, 2.75) is 6.92 Å². The Morgan fingerprint density at radius 3 is 2.80 bits per heavy atom. The second-order valence-electron chi connectivity index (χ2n) is 5.11. The van der Waals surface area contributed by atoms with Crippen LogP contribution in [0.4, 0.5) is 5.69 Å². The number of nitro benzene ring substituents is 1. The molecule has 0 unspecified atom stereocenters. The summed E-state index contributed by atoms with van der Waals surface area (Å²) in [4.78, 5) is 26.4. The zero-order valence-corrected chi connectivity index (χ0v) is 13.3. The van der Waals surface area contributed by atoms with Gasteiger partial charge in [-0.3, -0.25) is 15.1 Å². The van der Waals surface area contributed by atoms with Crippen LogP contribution in [0, 0.1) is 10.1 Å². The van der Waals surface area contributed by atoms with Gasteiger partial charge in [-0.25, -0.2) is 4.79 Å². The van der Waals surface area contributed by atoms with Crippen molar-refractivity contribution >= 4 is 22.4 Å². The number of benzene rings is 2. The maximum atomic E-state index is 11.8. The van der Waals surface area contributed by atoms with E-state index < -0.39 is 10.9 Å². The minimum absolute atomic E-state index is 0.0456. The standard InChI is InChI=1S/C18H14N2O5/c1-2-24-18(21)12-4-3-5-13(10-12)25-17-7-6-16(20(22)23)15-11-19-9-8-14(15)17/h3-11H,2H2,1H3. The lowest BCUT2D eigenvalue weighted by Crippen LogP contribution is -2.04. The van der Waals surface area contributed by atoms with Crippen LogP contribution in [0.5, 0.6) is 11.5 Å². The molecule has 0 bridgehead atoms. The SMILES string of the molecule is CCOC(=O)c1cccc(Oc2ccc([N+](=O)[O-])c3cnccc23)c1. The first-order valence-electron chi connectivity index (χ1n) is 7.56. The molecule has 0 aliphatic carbocycles. The van der Waals surface area contributed by atoms with Crippen molar-refractivity contribution in [2.75, 3.05) is 6.61 Å². The lowest BCUT2D eigenvalue weighted by Gasteiger charge is -2.10. The van der Waals surface area contributed by atoms with Gasteiger partial charge >= 0.3 is 5.97 Å². The normalized spacial score (nSPS) is 10.4. The number of carbonyl (C=O) groups excluding carboxylic acids is 1. The summed E-state index contributed by atoms with van der Waals surface area (Å²) in [7, 11) is 0. The highest BCUT2D eigenvalue weighted by Gasteiger charge is 2.16. The third kappa shape index (κ3) is 3.40. The van der Waals surface area contributed by atoms with Crippen LogP contribution < -0.4 is 4.74 Å². The predicted octanol–water partition coefficient (Wildman–Crippen LogP) is 4.11. The van der Waals surface area contributed by atoms with Crippen molar-refractivity contribution in [3.05, 3.63) is 70.5 Å². The lowest BCUT2D eigenvalue weighted by molar-refractivity contribution is -0.383. The number of rotatable bonds is 5. The second-order valence-corrected chi connectivity index (χ2v) is 5.11. The Balaban J connectivity index is 1.99. The summed E-state index contributed by atoms with van der Waals surface area (Å²) in [6.07, 6.45) is 2.96. The maximum absolute atomic E-state index is 11.8. The highest BCUT2D eigenvalue weighted by atomic mass is 16.6. The molecule has 0 aliphatic rings. The van der Waals surface area contributed by atoms with Gasteiger partial charge in [-0.15, -0.1) is 0 Å². The van der Waals surface area contributed by atoms with E-state index in [-0.39, 0.29) is 12.3 Å². The minimum atomic E-state index is -0.463. The molecule has 7 heteroatoms. The summed E-state index contributed by atoms with van der Waals surface area (Å²) in [5.74, 6) is 0.423.